The van der Waals surface area contributed by atoms with Crippen molar-refractivity contribution in [1.82, 2.24) is 10.2 Å². The van der Waals surface area contributed by atoms with Gasteiger partial charge >= 0.3 is 0 Å². The molecule has 2 rings (SSSR count). The van der Waals surface area contributed by atoms with E-state index >= 15 is 0 Å². The molecule has 3 nitrogen and oxygen atoms in total. The molecule has 19 heavy (non-hydrogen) atoms. The number of nitrogens with one attached hydrogen (secondary N) is 1. The third-order valence-corrected chi connectivity index (χ3v) is 4.01. The first-order valence-electron chi connectivity index (χ1n) is 7.07. The van der Waals surface area contributed by atoms with E-state index < -0.39 is 5.82 Å². The molecule has 2 N–H and O–H groups in total. The van der Waals surface area contributed by atoms with Gasteiger partial charge in [-0.15, -0.1) is 0 Å². The van der Waals surface area contributed by atoms with Crippen molar-refractivity contribution in [3.05, 3.63) is 29.6 Å². The zero-order valence-corrected chi connectivity index (χ0v) is 11.7. The molecule has 1 aromatic carbocycles. The van der Waals surface area contributed by atoms with Crippen LogP contribution in [0.1, 0.15) is 38.3 Å². The molecule has 1 aromatic rings. The number of phenols is 1. The monoisotopic (exact) mass is 266 g/mol. The summed E-state index contributed by atoms with van der Waals surface area (Å²) in [6, 6.07) is 4.90. The van der Waals surface area contributed by atoms with Crippen LogP contribution in [0, 0.1) is 5.82 Å². The van der Waals surface area contributed by atoms with Crippen LogP contribution in [-0.2, 0) is 0 Å². The zero-order chi connectivity index (χ0) is 13.8. The molecule has 0 saturated carbocycles. The Morgan fingerprint density at radius 1 is 1.53 bits per heavy atom. The van der Waals surface area contributed by atoms with Gasteiger partial charge in [0.25, 0.3) is 0 Å². The average molecular weight is 266 g/mol. The number of aromatic hydroxyl groups is 1. The van der Waals surface area contributed by atoms with Crippen LogP contribution in [0.2, 0.25) is 0 Å². The van der Waals surface area contributed by atoms with Crippen LogP contribution in [-0.4, -0.2) is 35.7 Å². The highest BCUT2D eigenvalue weighted by atomic mass is 19.1. The van der Waals surface area contributed by atoms with Crippen LogP contribution in [0.15, 0.2) is 18.2 Å². The molecule has 1 aliphatic heterocycles. The summed E-state index contributed by atoms with van der Waals surface area (Å²) >= 11 is 0. The predicted molar refractivity (Wildman–Crippen MR) is 74.8 cm³/mol. The third kappa shape index (κ3) is 3.45. The fourth-order valence-corrected chi connectivity index (χ4v) is 2.82. The van der Waals surface area contributed by atoms with E-state index in [1.54, 1.807) is 6.07 Å². The molecule has 2 atom stereocenters. The summed E-state index contributed by atoms with van der Waals surface area (Å²) in [5.74, 6) is -0.348. The molecule has 0 amide bonds. The molecule has 0 aliphatic carbocycles. The van der Waals surface area contributed by atoms with E-state index in [1.165, 1.54) is 25.0 Å². The second kappa shape index (κ2) is 6.35. The number of nitrogens with zero attached hydrogens (tertiary/aromatic N) is 1. The molecule has 1 heterocycles. The van der Waals surface area contributed by atoms with E-state index in [4.69, 9.17) is 0 Å². The molecule has 0 spiro atoms. The first kappa shape index (κ1) is 14.3. The summed E-state index contributed by atoms with van der Waals surface area (Å²) in [5.41, 5.74) is 0.793. The van der Waals surface area contributed by atoms with Gasteiger partial charge < -0.3 is 10.4 Å². The van der Waals surface area contributed by atoms with Gasteiger partial charge in [0.15, 0.2) is 0 Å². The standard InChI is InChI=1S/C15H23FN2O/c1-3-18(10-13-5-4-8-17-13)11(2)14-7-6-12(16)9-15(14)19/h6-7,9,11,13,17,19H,3-5,8,10H2,1-2H3. The second-order valence-corrected chi connectivity index (χ2v) is 5.26. The van der Waals surface area contributed by atoms with Gasteiger partial charge in [0.05, 0.1) is 0 Å². The van der Waals surface area contributed by atoms with Crippen LogP contribution in [0.4, 0.5) is 4.39 Å². The Morgan fingerprint density at radius 3 is 2.89 bits per heavy atom. The van der Waals surface area contributed by atoms with Gasteiger partial charge in [0.2, 0.25) is 0 Å². The molecule has 0 radical (unpaired) electrons. The molecule has 106 valence electrons. The van der Waals surface area contributed by atoms with Gasteiger partial charge in [-0.1, -0.05) is 13.0 Å². The smallest absolute Gasteiger partial charge is 0.126 e. The van der Waals surface area contributed by atoms with Crippen molar-refractivity contribution < 1.29 is 9.50 Å². The molecule has 1 aliphatic rings. The lowest BCUT2D eigenvalue weighted by Gasteiger charge is -2.31. The normalized spacial score (nSPS) is 20.9. The number of phenolic OH excluding ortho intramolecular Hbond substituents is 1. The second-order valence-electron chi connectivity index (χ2n) is 5.26. The molecule has 0 bridgehead atoms. The van der Waals surface area contributed by atoms with Gasteiger partial charge in [-0.25, -0.2) is 4.39 Å². The fourth-order valence-electron chi connectivity index (χ4n) is 2.82. The van der Waals surface area contributed by atoms with Gasteiger partial charge in [0, 0.05) is 30.3 Å². The SMILES string of the molecule is CCN(CC1CCCN1)C(C)c1ccc(F)cc1O. The minimum absolute atomic E-state index is 0.0466. The van der Waals surface area contributed by atoms with Gasteiger partial charge in [-0.2, -0.15) is 0 Å². The van der Waals surface area contributed by atoms with Crippen molar-refractivity contribution in [2.24, 2.45) is 0 Å². The Hall–Kier alpha value is -1.13. The van der Waals surface area contributed by atoms with Crippen LogP contribution in [0.25, 0.3) is 0 Å². The number of rotatable bonds is 5. The number of likely N-dealkylation sites (N-methyl/N-ethyl adjacent to an activating group) is 1. The molecular formula is C15H23FN2O. The highest BCUT2D eigenvalue weighted by Crippen LogP contribution is 2.29. The van der Waals surface area contributed by atoms with Crippen LogP contribution < -0.4 is 5.32 Å². The summed E-state index contributed by atoms with van der Waals surface area (Å²) in [6.45, 7) is 7.15. The average Bonchev–Trinajstić information content (AvgIpc) is 2.88. The van der Waals surface area contributed by atoms with E-state index in [-0.39, 0.29) is 11.8 Å². The maximum absolute atomic E-state index is 13.0. The molecule has 0 aromatic heterocycles. The molecule has 1 saturated heterocycles. The highest BCUT2D eigenvalue weighted by Gasteiger charge is 2.22. The quantitative estimate of drug-likeness (QED) is 0.860. The largest absolute Gasteiger partial charge is 0.508 e. The Balaban J connectivity index is 2.08. The number of benzene rings is 1. The van der Waals surface area contributed by atoms with E-state index in [0.717, 1.165) is 25.2 Å². The van der Waals surface area contributed by atoms with Crippen molar-refractivity contribution in [3.8, 4) is 5.75 Å². The maximum Gasteiger partial charge on any atom is 0.126 e. The van der Waals surface area contributed by atoms with E-state index in [1.807, 2.05) is 0 Å². The van der Waals surface area contributed by atoms with Gasteiger partial charge in [-0.05, 0) is 38.9 Å². The topological polar surface area (TPSA) is 35.5 Å². The van der Waals surface area contributed by atoms with Crippen molar-refractivity contribution in [3.63, 3.8) is 0 Å². The van der Waals surface area contributed by atoms with Gasteiger partial charge in [0.1, 0.15) is 11.6 Å². The molecular weight excluding hydrogens is 243 g/mol. The summed E-state index contributed by atoms with van der Waals surface area (Å²) in [7, 11) is 0. The first-order chi connectivity index (χ1) is 9.11. The van der Waals surface area contributed by atoms with Crippen molar-refractivity contribution >= 4 is 0 Å². The summed E-state index contributed by atoms with van der Waals surface area (Å²) < 4.78 is 13.0. The Morgan fingerprint density at radius 2 is 2.32 bits per heavy atom. The highest BCUT2D eigenvalue weighted by molar-refractivity contribution is 5.35. The van der Waals surface area contributed by atoms with E-state index in [2.05, 4.69) is 24.1 Å². The van der Waals surface area contributed by atoms with Crippen LogP contribution in [0.5, 0.6) is 5.75 Å². The lowest BCUT2D eigenvalue weighted by molar-refractivity contribution is 0.199. The summed E-state index contributed by atoms with van der Waals surface area (Å²) in [4.78, 5) is 2.32. The predicted octanol–water partition coefficient (Wildman–Crippen LogP) is 2.67. The van der Waals surface area contributed by atoms with Crippen molar-refractivity contribution in [2.45, 2.75) is 38.8 Å². The third-order valence-electron chi connectivity index (χ3n) is 4.01. The Bertz CT molecular complexity index is 419. The Labute approximate surface area is 114 Å². The first-order valence-corrected chi connectivity index (χ1v) is 7.07. The zero-order valence-electron chi connectivity index (χ0n) is 11.7. The molecule has 1 fully saturated rings. The van der Waals surface area contributed by atoms with Crippen molar-refractivity contribution in [1.29, 1.82) is 0 Å². The Kier molecular flexibility index (Phi) is 4.77. The minimum Gasteiger partial charge on any atom is -0.508 e. The van der Waals surface area contributed by atoms with Crippen LogP contribution >= 0.6 is 0 Å². The maximum atomic E-state index is 13.0. The molecule has 4 heteroatoms. The van der Waals surface area contributed by atoms with Gasteiger partial charge in [-0.3, -0.25) is 4.90 Å². The number of hydrogen-bond acceptors (Lipinski definition) is 3. The lowest BCUT2D eigenvalue weighted by atomic mass is 10.0. The number of hydrogen-bond donors (Lipinski definition) is 2. The summed E-state index contributed by atoms with van der Waals surface area (Å²) in [6.07, 6.45) is 2.44. The fraction of sp³-hybridized carbons (Fsp3) is 0.600. The van der Waals surface area contributed by atoms with E-state index in [9.17, 15) is 9.50 Å². The summed E-state index contributed by atoms with van der Waals surface area (Å²) in [5, 5.41) is 13.4. The molecule has 2 unspecified atom stereocenters. The van der Waals surface area contributed by atoms with Crippen LogP contribution in [0.3, 0.4) is 0 Å². The lowest BCUT2D eigenvalue weighted by Crippen LogP contribution is -2.38. The van der Waals surface area contributed by atoms with Crippen molar-refractivity contribution in [2.75, 3.05) is 19.6 Å². The number of halogens is 1. The minimum atomic E-state index is -0.394. The van der Waals surface area contributed by atoms with E-state index in [0.29, 0.717) is 6.04 Å².